The van der Waals surface area contributed by atoms with E-state index in [1.165, 1.54) is 28.0 Å². The number of benzene rings is 1. The quantitative estimate of drug-likeness (QED) is 0.351. The fraction of sp³-hybridized carbons (Fsp3) is 0.118. The van der Waals surface area contributed by atoms with E-state index in [4.69, 9.17) is 11.6 Å². The van der Waals surface area contributed by atoms with Gasteiger partial charge < -0.3 is 15.4 Å². The Hall–Kier alpha value is -4.06. The number of carbonyl (C=O) groups excluding carboxylic acids is 1. The largest absolute Gasteiger partial charge is 0.491 e. The number of nitrogens with zero attached hydrogens (tertiary/aromatic N) is 8. The second-order valence-corrected chi connectivity index (χ2v) is 6.60. The van der Waals surface area contributed by atoms with Crippen molar-refractivity contribution in [3.8, 4) is 0 Å². The first-order chi connectivity index (χ1) is 14.5. The predicted octanol–water partition coefficient (Wildman–Crippen LogP) is 2.04. The van der Waals surface area contributed by atoms with Crippen molar-refractivity contribution in [1.29, 1.82) is 0 Å². The average molecular weight is 428 g/mol. The van der Waals surface area contributed by atoms with E-state index in [0.717, 1.165) is 5.56 Å². The molecule has 13 heteroatoms. The summed E-state index contributed by atoms with van der Waals surface area (Å²) in [4.78, 5) is 25.9. The van der Waals surface area contributed by atoms with E-state index in [2.05, 4.69) is 25.6 Å². The Bertz CT molecular complexity index is 1210. The number of nitro groups is 1. The fourth-order valence-corrected chi connectivity index (χ4v) is 2.85. The molecule has 0 saturated heterocycles. The Kier molecular flexibility index (Phi) is 5.22. The van der Waals surface area contributed by atoms with E-state index >= 15 is 0 Å². The van der Waals surface area contributed by atoms with E-state index in [1.807, 2.05) is 18.2 Å². The highest BCUT2D eigenvalue weighted by Gasteiger charge is 2.15. The molecule has 4 aromatic rings. The maximum absolute atomic E-state index is 12.4. The zero-order valence-corrected chi connectivity index (χ0v) is 16.0. The van der Waals surface area contributed by atoms with Crippen molar-refractivity contribution in [3.05, 3.63) is 81.6 Å². The molecule has 3 heterocycles. The van der Waals surface area contributed by atoms with Gasteiger partial charge in [-0.2, -0.15) is 14.9 Å². The zero-order chi connectivity index (χ0) is 21.1. The number of carbonyl (C=O) groups is 1. The molecule has 0 bridgehead atoms. The van der Waals surface area contributed by atoms with Crippen LogP contribution >= 0.6 is 11.6 Å². The van der Waals surface area contributed by atoms with Gasteiger partial charge in [0.05, 0.1) is 18.4 Å². The number of rotatable bonds is 7. The van der Waals surface area contributed by atoms with Crippen LogP contribution in [0.25, 0.3) is 0 Å². The molecule has 0 spiro atoms. The van der Waals surface area contributed by atoms with Crippen LogP contribution in [-0.2, 0) is 13.2 Å². The van der Waals surface area contributed by atoms with Crippen molar-refractivity contribution in [1.82, 2.24) is 34.3 Å². The first-order valence-electron chi connectivity index (χ1n) is 8.62. The highest BCUT2D eigenvalue weighted by molar-refractivity contribution is 6.31. The number of amides is 1. The first kappa shape index (κ1) is 19.3. The molecule has 0 aliphatic carbocycles. The smallest absolute Gasteiger partial charge is 0.390 e. The Morgan fingerprint density at radius 2 is 2.00 bits per heavy atom. The molecule has 0 aliphatic rings. The molecule has 0 atom stereocenters. The molecule has 0 aliphatic heterocycles. The van der Waals surface area contributed by atoms with Crippen LogP contribution in [0.2, 0.25) is 5.02 Å². The minimum atomic E-state index is -0.690. The Morgan fingerprint density at radius 3 is 2.77 bits per heavy atom. The summed E-state index contributed by atoms with van der Waals surface area (Å²) < 4.78 is 4.31. The number of halogens is 1. The topological polar surface area (TPSA) is 139 Å². The summed E-state index contributed by atoms with van der Waals surface area (Å²) in [5.41, 5.74) is 1.59. The Balaban J connectivity index is 1.38. The average Bonchev–Trinajstić information content (AvgIpc) is 3.45. The van der Waals surface area contributed by atoms with Gasteiger partial charge in [0, 0.05) is 22.5 Å². The Morgan fingerprint density at radius 1 is 1.17 bits per heavy atom. The standard InChI is InChI=1S/C17H14ClN9O3/c18-14-4-2-1-3-12(14)8-25-9-13(7-20-25)21-16(28)15-5-6-24(22-15)11-26-10-19-17(23-26)27(29)30/h1-7,9-10H,8,11H2,(H,21,28). The second kappa shape index (κ2) is 8.13. The number of hydrogen-bond acceptors (Lipinski definition) is 7. The molecule has 3 aromatic heterocycles. The molecule has 0 fully saturated rings. The van der Waals surface area contributed by atoms with Crippen LogP contribution in [-0.4, -0.2) is 45.2 Å². The van der Waals surface area contributed by atoms with Gasteiger partial charge in [-0.1, -0.05) is 34.8 Å². The summed E-state index contributed by atoms with van der Waals surface area (Å²) in [5.74, 6) is -0.926. The number of nitrogens with one attached hydrogen (secondary N) is 1. The molecule has 0 radical (unpaired) electrons. The summed E-state index contributed by atoms with van der Waals surface area (Å²) in [7, 11) is 0. The maximum Gasteiger partial charge on any atom is 0.491 e. The van der Waals surface area contributed by atoms with Gasteiger partial charge in [0.15, 0.2) is 12.4 Å². The third kappa shape index (κ3) is 4.33. The first-order valence-corrected chi connectivity index (χ1v) is 9.00. The third-order valence-electron chi connectivity index (χ3n) is 4.03. The molecular formula is C17H14ClN9O3. The van der Waals surface area contributed by atoms with Crippen molar-refractivity contribution < 1.29 is 9.72 Å². The van der Waals surface area contributed by atoms with Gasteiger partial charge in [0.25, 0.3) is 5.91 Å². The van der Waals surface area contributed by atoms with E-state index in [9.17, 15) is 14.9 Å². The summed E-state index contributed by atoms with van der Waals surface area (Å²) >= 11 is 6.16. The summed E-state index contributed by atoms with van der Waals surface area (Å²) in [6.07, 6.45) is 5.99. The van der Waals surface area contributed by atoms with Crippen LogP contribution in [0.4, 0.5) is 11.6 Å². The van der Waals surface area contributed by atoms with Crippen LogP contribution in [0, 0.1) is 10.1 Å². The summed E-state index contributed by atoms with van der Waals surface area (Å²) in [5, 5.41) is 26.1. The number of anilines is 1. The highest BCUT2D eigenvalue weighted by atomic mass is 35.5. The summed E-state index contributed by atoms with van der Waals surface area (Å²) in [6.45, 7) is 0.540. The van der Waals surface area contributed by atoms with Gasteiger partial charge in [-0.15, -0.1) is 0 Å². The molecular weight excluding hydrogens is 414 g/mol. The van der Waals surface area contributed by atoms with Crippen molar-refractivity contribution in [2.24, 2.45) is 0 Å². The lowest BCUT2D eigenvalue weighted by Crippen LogP contribution is -2.14. The Labute approximate surface area is 173 Å². The minimum Gasteiger partial charge on any atom is -0.390 e. The van der Waals surface area contributed by atoms with Gasteiger partial charge >= 0.3 is 5.95 Å². The normalized spacial score (nSPS) is 10.8. The SMILES string of the molecule is O=C(Nc1cnn(Cc2ccccc2Cl)c1)c1ccn(Cn2cnc([N+](=O)[O-])n2)n1. The molecule has 1 aromatic carbocycles. The van der Waals surface area contributed by atoms with Gasteiger partial charge in [0.1, 0.15) is 0 Å². The molecule has 152 valence electrons. The van der Waals surface area contributed by atoms with Crippen LogP contribution in [0.3, 0.4) is 0 Å². The number of hydrogen-bond donors (Lipinski definition) is 1. The van der Waals surface area contributed by atoms with Crippen molar-refractivity contribution in [3.63, 3.8) is 0 Å². The van der Waals surface area contributed by atoms with E-state index in [1.54, 1.807) is 23.1 Å². The molecule has 1 N–H and O–H groups in total. The van der Waals surface area contributed by atoms with Gasteiger partial charge in [-0.05, 0) is 22.6 Å². The molecule has 12 nitrogen and oxygen atoms in total. The molecule has 30 heavy (non-hydrogen) atoms. The zero-order valence-electron chi connectivity index (χ0n) is 15.3. The highest BCUT2D eigenvalue weighted by Crippen LogP contribution is 2.17. The van der Waals surface area contributed by atoms with Crippen LogP contribution in [0.5, 0.6) is 0 Å². The number of aromatic nitrogens is 7. The van der Waals surface area contributed by atoms with Crippen molar-refractivity contribution >= 4 is 29.1 Å². The molecule has 4 rings (SSSR count). The van der Waals surface area contributed by atoms with E-state index in [0.29, 0.717) is 17.3 Å². The third-order valence-corrected chi connectivity index (χ3v) is 4.40. The monoisotopic (exact) mass is 427 g/mol. The van der Waals surface area contributed by atoms with Gasteiger partial charge in [-0.25, -0.2) is 4.68 Å². The van der Waals surface area contributed by atoms with Crippen LogP contribution < -0.4 is 5.32 Å². The second-order valence-electron chi connectivity index (χ2n) is 6.20. The van der Waals surface area contributed by atoms with Gasteiger partial charge in [0.2, 0.25) is 6.33 Å². The summed E-state index contributed by atoms with van der Waals surface area (Å²) in [6, 6.07) is 8.97. The van der Waals surface area contributed by atoms with Crippen molar-refractivity contribution in [2.75, 3.05) is 5.32 Å². The fourth-order valence-electron chi connectivity index (χ4n) is 2.66. The lowest BCUT2D eigenvalue weighted by Gasteiger charge is -2.04. The molecule has 0 unspecified atom stereocenters. The lowest BCUT2D eigenvalue weighted by molar-refractivity contribution is -0.394. The van der Waals surface area contributed by atoms with E-state index in [-0.39, 0.29) is 12.4 Å². The predicted molar refractivity (Wildman–Crippen MR) is 105 cm³/mol. The van der Waals surface area contributed by atoms with Crippen LogP contribution in [0.1, 0.15) is 16.1 Å². The lowest BCUT2D eigenvalue weighted by atomic mass is 10.2. The molecule has 1 amide bonds. The maximum atomic E-state index is 12.4. The molecule has 0 saturated carbocycles. The minimum absolute atomic E-state index is 0.0733. The van der Waals surface area contributed by atoms with E-state index < -0.39 is 16.8 Å². The van der Waals surface area contributed by atoms with Crippen molar-refractivity contribution in [2.45, 2.75) is 13.2 Å². The van der Waals surface area contributed by atoms with Crippen LogP contribution in [0.15, 0.2) is 55.2 Å². The van der Waals surface area contributed by atoms with Gasteiger partial charge in [-0.3, -0.25) is 9.48 Å².